The van der Waals surface area contributed by atoms with Crippen LogP contribution in [0.1, 0.15) is 25.7 Å². The Balaban J connectivity index is 2.00. The zero-order chi connectivity index (χ0) is 12.3. The average molecular weight is 255 g/mol. The van der Waals surface area contributed by atoms with Gasteiger partial charge in [0.05, 0.1) is 0 Å². The third-order valence-corrected chi connectivity index (χ3v) is 4.20. The van der Waals surface area contributed by atoms with E-state index in [4.69, 9.17) is 5.11 Å². The minimum absolute atomic E-state index is 0.133. The molecule has 0 aromatic heterocycles. The van der Waals surface area contributed by atoms with Gasteiger partial charge in [0, 0.05) is 24.2 Å². The van der Waals surface area contributed by atoms with Crippen LogP contribution in [0.3, 0.4) is 0 Å². The van der Waals surface area contributed by atoms with Crippen molar-refractivity contribution in [2.75, 3.05) is 11.5 Å². The van der Waals surface area contributed by atoms with Gasteiger partial charge in [0.2, 0.25) is 5.91 Å². The third-order valence-electron chi connectivity index (χ3n) is 3.15. The minimum Gasteiger partial charge on any atom is -0.478 e. The van der Waals surface area contributed by atoms with E-state index in [1.807, 2.05) is 16.7 Å². The van der Waals surface area contributed by atoms with E-state index in [0.717, 1.165) is 43.3 Å². The van der Waals surface area contributed by atoms with E-state index in [1.165, 1.54) is 6.08 Å². The van der Waals surface area contributed by atoms with Gasteiger partial charge in [-0.1, -0.05) is 0 Å². The van der Waals surface area contributed by atoms with Crippen LogP contribution < -0.4 is 0 Å². The zero-order valence-corrected chi connectivity index (χ0v) is 10.5. The monoisotopic (exact) mass is 255 g/mol. The maximum Gasteiger partial charge on any atom is 0.328 e. The molecule has 1 N–H and O–H groups in total. The number of hydrogen-bond acceptors (Lipinski definition) is 3. The van der Waals surface area contributed by atoms with Crippen molar-refractivity contribution < 1.29 is 14.7 Å². The summed E-state index contributed by atoms with van der Waals surface area (Å²) in [6.07, 6.45) is 6.34. The van der Waals surface area contributed by atoms with Gasteiger partial charge in [-0.05, 0) is 37.2 Å². The van der Waals surface area contributed by atoms with Crippen molar-refractivity contribution >= 4 is 23.6 Å². The molecule has 0 unspecified atom stereocenters. The Bertz CT molecular complexity index is 333. The summed E-state index contributed by atoms with van der Waals surface area (Å²) in [4.78, 5) is 24.3. The normalized spacial score (nSPS) is 21.6. The Morgan fingerprint density at radius 2 is 1.65 bits per heavy atom. The molecule has 4 nitrogen and oxygen atoms in total. The quantitative estimate of drug-likeness (QED) is 0.774. The van der Waals surface area contributed by atoms with Crippen molar-refractivity contribution in [3.8, 4) is 0 Å². The van der Waals surface area contributed by atoms with Gasteiger partial charge in [-0.3, -0.25) is 4.79 Å². The summed E-state index contributed by atoms with van der Waals surface area (Å²) in [5, 5.41) is 8.55. The van der Waals surface area contributed by atoms with E-state index in [2.05, 4.69) is 0 Å². The lowest BCUT2D eigenvalue weighted by molar-refractivity contribution is -0.133. The number of carbonyl (C=O) groups is 2. The van der Waals surface area contributed by atoms with E-state index in [0.29, 0.717) is 12.1 Å². The lowest BCUT2D eigenvalue weighted by atomic mass is 10.1. The summed E-state index contributed by atoms with van der Waals surface area (Å²) in [6.45, 7) is 0. The van der Waals surface area contributed by atoms with Gasteiger partial charge < -0.3 is 10.0 Å². The highest BCUT2D eigenvalue weighted by Gasteiger charge is 2.36. The van der Waals surface area contributed by atoms with E-state index in [9.17, 15) is 9.59 Å². The predicted octanol–water partition coefficient (Wildman–Crippen LogP) is 1.51. The van der Waals surface area contributed by atoms with Crippen molar-refractivity contribution in [1.29, 1.82) is 0 Å². The van der Waals surface area contributed by atoms with Crippen LogP contribution in [0.15, 0.2) is 12.2 Å². The number of amides is 1. The lowest BCUT2D eigenvalue weighted by Crippen LogP contribution is -2.43. The maximum absolute atomic E-state index is 12.0. The number of carbonyl (C=O) groups excluding carboxylic acids is 1. The van der Waals surface area contributed by atoms with Gasteiger partial charge in [-0.2, -0.15) is 11.8 Å². The minimum atomic E-state index is -1.06. The number of thioether (sulfide) groups is 1. The molecule has 17 heavy (non-hydrogen) atoms. The Morgan fingerprint density at radius 3 is 2.18 bits per heavy atom. The van der Waals surface area contributed by atoms with Gasteiger partial charge in [0.1, 0.15) is 0 Å². The smallest absolute Gasteiger partial charge is 0.328 e. The molecule has 1 amide bonds. The topological polar surface area (TPSA) is 57.6 Å². The second-order valence-corrected chi connectivity index (χ2v) is 5.72. The fourth-order valence-corrected chi connectivity index (χ4v) is 3.28. The summed E-state index contributed by atoms with van der Waals surface area (Å²) < 4.78 is 0. The first kappa shape index (κ1) is 12.5. The Labute approximate surface area is 105 Å². The SMILES string of the molecule is O=C(O)/C=C/C(=O)N(C1CCSCC1)C1CC1. The highest BCUT2D eigenvalue weighted by Crippen LogP contribution is 2.33. The molecule has 1 saturated carbocycles. The van der Waals surface area contributed by atoms with Crippen molar-refractivity contribution in [3.05, 3.63) is 12.2 Å². The molecule has 5 heteroatoms. The van der Waals surface area contributed by atoms with Crippen LogP contribution in [0.2, 0.25) is 0 Å². The van der Waals surface area contributed by atoms with E-state index in [1.54, 1.807) is 0 Å². The maximum atomic E-state index is 12.0. The Morgan fingerprint density at radius 1 is 1.06 bits per heavy atom. The summed E-state index contributed by atoms with van der Waals surface area (Å²) in [5.74, 6) is 1.01. The molecule has 0 radical (unpaired) electrons. The molecule has 0 aromatic carbocycles. The number of rotatable bonds is 4. The lowest BCUT2D eigenvalue weighted by Gasteiger charge is -2.33. The van der Waals surface area contributed by atoms with E-state index in [-0.39, 0.29) is 5.91 Å². The number of carboxylic acid groups (broad SMARTS) is 1. The second-order valence-electron chi connectivity index (χ2n) is 4.49. The van der Waals surface area contributed by atoms with Crippen LogP contribution in [-0.4, -0.2) is 45.5 Å². The molecule has 0 atom stereocenters. The summed E-state index contributed by atoms with van der Waals surface area (Å²) in [7, 11) is 0. The van der Waals surface area contributed by atoms with Gasteiger partial charge >= 0.3 is 5.97 Å². The molecule has 1 aliphatic carbocycles. The molecule has 94 valence electrons. The number of hydrogen-bond donors (Lipinski definition) is 1. The van der Waals surface area contributed by atoms with Crippen LogP contribution in [-0.2, 0) is 9.59 Å². The first-order valence-electron chi connectivity index (χ1n) is 5.99. The van der Waals surface area contributed by atoms with Crippen LogP contribution in [0.5, 0.6) is 0 Å². The Hall–Kier alpha value is -0.970. The van der Waals surface area contributed by atoms with Crippen LogP contribution >= 0.6 is 11.8 Å². The molecule has 2 aliphatic rings. The molecule has 0 spiro atoms. The van der Waals surface area contributed by atoms with E-state index < -0.39 is 5.97 Å². The van der Waals surface area contributed by atoms with E-state index >= 15 is 0 Å². The molecule has 0 aromatic rings. The molecule has 1 aliphatic heterocycles. The molecule has 2 fully saturated rings. The highest BCUT2D eigenvalue weighted by atomic mass is 32.2. The first-order chi connectivity index (χ1) is 8.18. The highest BCUT2D eigenvalue weighted by molar-refractivity contribution is 7.99. The van der Waals surface area contributed by atoms with Crippen LogP contribution in [0.25, 0.3) is 0 Å². The summed E-state index contributed by atoms with van der Waals surface area (Å²) in [5.41, 5.74) is 0. The number of aliphatic carboxylic acids is 1. The molecule has 1 heterocycles. The zero-order valence-electron chi connectivity index (χ0n) is 9.67. The van der Waals surface area contributed by atoms with Crippen molar-refractivity contribution in [2.24, 2.45) is 0 Å². The molecule has 0 bridgehead atoms. The average Bonchev–Trinajstić information content (AvgIpc) is 3.12. The number of nitrogens with zero attached hydrogens (tertiary/aromatic N) is 1. The second kappa shape index (κ2) is 5.58. The molecular formula is C12H17NO3S. The van der Waals surface area contributed by atoms with Crippen LogP contribution in [0, 0.1) is 0 Å². The van der Waals surface area contributed by atoms with Crippen molar-refractivity contribution in [3.63, 3.8) is 0 Å². The molecule has 2 rings (SSSR count). The first-order valence-corrected chi connectivity index (χ1v) is 7.15. The standard InChI is InChI=1S/C12H17NO3S/c14-11(3-4-12(15)16)13(9-1-2-9)10-5-7-17-8-6-10/h3-4,9-10H,1-2,5-8H2,(H,15,16)/b4-3+. The third kappa shape index (κ3) is 3.49. The Kier molecular flexibility index (Phi) is 4.10. The predicted molar refractivity (Wildman–Crippen MR) is 67.0 cm³/mol. The summed E-state index contributed by atoms with van der Waals surface area (Å²) >= 11 is 1.93. The van der Waals surface area contributed by atoms with Gasteiger partial charge in [-0.15, -0.1) is 0 Å². The van der Waals surface area contributed by atoms with Gasteiger partial charge in [0.25, 0.3) is 0 Å². The fourth-order valence-electron chi connectivity index (χ4n) is 2.20. The van der Waals surface area contributed by atoms with Gasteiger partial charge in [0.15, 0.2) is 0 Å². The van der Waals surface area contributed by atoms with Crippen molar-refractivity contribution in [2.45, 2.75) is 37.8 Å². The van der Waals surface area contributed by atoms with Crippen LogP contribution in [0.4, 0.5) is 0 Å². The number of carboxylic acids is 1. The van der Waals surface area contributed by atoms with Crippen molar-refractivity contribution in [1.82, 2.24) is 4.90 Å². The largest absolute Gasteiger partial charge is 0.478 e. The summed E-state index contributed by atoms with van der Waals surface area (Å²) in [6, 6.07) is 0.670. The molecule has 1 saturated heterocycles. The fraction of sp³-hybridized carbons (Fsp3) is 0.667. The van der Waals surface area contributed by atoms with Gasteiger partial charge in [-0.25, -0.2) is 4.79 Å². The molecular weight excluding hydrogens is 238 g/mol.